The number of aromatic nitrogens is 1. The van der Waals surface area contributed by atoms with Gasteiger partial charge in [-0.05, 0) is 54.8 Å². The number of nitrogens with zero attached hydrogens (tertiary/aromatic N) is 4. The maximum absolute atomic E-state index is 14.5. The van der Waals surface area contributed by atoms with Crippen molar-refractivity contribution >= 4 is 46.9 Å². The van der Waals surface area contributed by atoms with Gasteiger partial charge < -0.3 is 5.32 Å². The molecular weight excluding hydrogens is 563 g/mol. The van der Waals surface area contributed by atoms with Gasteiger partial charge in [0.15, 0.2) is 0 Å². The fourth-order valence-corrected chi connectivity index (χ4v) is 6.23. The van der Waals surface area contributed by atoms with Gasteiger partial charge in [0.2, 0.25) is 5.91 Å². The number of pyridine rings is 1. The van der Waals surface area contributed by atoms with Crippen LogP contribution in [-0.2, 0) is 9.59 Å². The Morgan fingerprint density at radius 1 is 1.18 bits per heavy atom. The molecule has 2 atom stereocenters. The Balaban J connectivity index is 1.58. The summed E-state index contributed by atoms with van der Waals surface area (Å²) in [6, 6.07) is 13.8. The van der Waals surface area contributed by atoms with Crippen LogP contribution in [0.1, 0.15) is 36.4 Å². The van der Waals surface area contributed by atoms with E-state index in [0.717, 1.165) is 6.07 Å². The number of halogens is 4. The first-order valence-electron chi connectivity index (χ1n) is 12.5. The Morgan fingerprint density at radius 2 is 1.95 bits per heavy atom. The van der Waals surface area contributed by atoms with Gasteiger partial charge in [-0.2, -0.15) is 5.26 Å². The van der Waals surface area contributed by atoms with Crippen molar-refractivity contribution in [3.8, 4) is 6.07 Å². The molecule has 0 radical (unpaired) electrons. The molecule has 2 aliphatic rings. The maximum atomic E-state index is 14.5. The zero-order valence-corrected chi connectivity index (χ0v) is 22.5. The molecule has 12 heteroatoms. The zero-order chi connectivity index (χ0) is 28.4. The Morgan fingerprint density at radius 3 is 2.65 bits per heavy atom. The molecule has 0 bridgehead atoms. The number of benzene rings is 2. The fourth-order valence-electron chi connectivity index (χ4n) is 4.86. The molecule has 5 rings (SSSR count). The molecule has 2 aromatic carbocycles. The number of rotatable bonds is 7. The minimum atomic E-state index is -2.87. The second-order valence-corrected chi connectivity index (χ2v) is 11.0. The van der Waals surface area contributed by atoms with Gasteiger partial charge >= 0.3 is 0 Å². The molecule has 2 amide bonds. The summed E-state index contributed by atoms with van der Waals surface area (Å²) in [6.07, 6.45) is 0.804. The summed E-state index contributed by atoms with van der Waals surface area (Å²) in [5.41, 5.74) is 0.711. The van der Waals surface area contributed by atoms with E-state index in [4.69, 9.17) is 11.6 Å². The van der Waals surface area contributed by atoms with Gasteiger partial charge in [0.25, 0.3) is 11.8 Å². The predicted octanol–water partition coefficient (Wildman–Crippen LogP) is 5.66. The predicted molar refractivity (Wildman–Crippen MR) is 146 cm³/mol. The van der Waals surface area contributed by atoms with Crippen LogP contribution in [0.3, 0.4) is 0 Å². The first-order chi connectivity index (χ1) is 19.2. The van der Waals surface area contributed by atoms with Gasteiger partial charge in [-0.25, -0.2) is 18.2 Å². The highest BCUT2D eigenvalue weighted by Gasteiger charge is 2.48. The average Bonchev–Trinajstić information content (AvgIpc) is 3.41. The lowest BCUT2D eigenvalue weighted by Crippen LogP contribution is -2.55. The number of nitrogens with one attached hydrogen (secondary N) is 1. The molecule has 1 N–H and O–H groups in total. The summed E-state index contributed by atoms with van der Waals surface area (Å²) in [7, 11) is 0. The number of hydrogen-bond acceptors (Lipinski definition) is 6. The molecular formula is C28H23ClF3N5O2S. The molecule has 206 valence electrons. The van der Waals surface area contributed by atoms with Crippen LogP contribution in [0.4, 0.5) is 24.7 Å². The largest absolute Gasteiger partial charge is 0.351 e. The third-order valence-corrected chi connectivity index (χ3v) is 8.24. The Hall–Kier alpha value is -3.75. The van der Waals surface area contributed by atoms with Crippen molar-refractivity contribution in [2.24, 2.45) is 0 Å². The first-order valence-corrected chi connectivity index (χ1v) is 13.8. The Kier molecular flexibility index (Phi) is 7.92. The van der Waals surface area contributed by atoms with Gasteiger partial charge in [-0.3, -0.25) is 18.8 Å². The quantitative estimate of drug-likeness (QED) is 0.360. The number of carbonyl (C=O) groups is 2. The fraction of sp³-hybridized carbons (Fsp3) is 0.286. The number of hydrogen-bond donors (Lipinski definition) is 1. The highest BCUT2D eigenvalue weighted by molar-refractivity contribution is 8.01. The molecule has 3 aromatic rings. The molecule has 1 saturated heterocycles. The summed E-state index contributed by atoms with van der Waals surface area (Å²) in [5, 5.41) is 12.2. The number of nitriles is 1. The van der Waals surface area contributed by atoms with E-state index in [1.165, 1.54) is 41.2 Å². The van der Waals surface area contributed by atoms with Crippen molar-refractivity contribution in [1.82, 2.24) is 10.3 Å². The van der Waals surface area contributed by atoms with E-state index in [9.17, 15) is 28.0 Å². The molecule has 2 heterocycles. The molecule has 1 aliphatic heterocycles. The summed E-state index contributed by atoms with van der Waals surface area (Å²) >= 11 is 7.85. The molecule has 1 aromatic heterocycles. The van der Waals surface area contributed by atoms with Crippen LogP contribution in [0.25, 0.3) is 0 Å². The van der Waals surface area contributed by atoms with Gasteiger partial charge in [0, 0.05) is 47.1 Å². The van der Waals surface area contributed by atoms with Crippen molar-refractivity contribution in [2.75, 3.05) is 15.0 Å². The second kappa shape index (κ2) is 11.4. The zero-order valence-electron chi connectivity index (χ0n) is 20.9. The smallest absolute Gasteiger partial charge is 0.252 e. The van der Waals surface area contributed by atoms with Crippen LogP contribution < -0.4 is 14.5 Å². The van der Waals surface area contributed by atoms with E-state index in [0.29, 0.717) is 23.6 Å². The van der Waals surface area contributed by atoms with Crippen molar-refractivity contribution in [1.29, 1.82) is 5.26 Å². The van der Waals surface area contributed by atoms with Crippen LogP contribution in [-0.4, -0.2) is 40.6 Å². The van der Waals surface area contributed by atoms with Gasteiger partial charge in [0.1, 0.15) is 23.7 Å². The minimum Gasteiger partial charge on any atom is -0.351 e. The van der Waals surface area contributed by atoms with Crippen LogP contribution >= 0.6 is 23.5 Å². The maximum Gasteiger partial charge on any atom is 0.252 e. The third-order valence-electron chi connectivity index (χ3n) is 6.76. The number of carbonyl (C=O) groups excluding carboxylic acids is 2. The van der Waals surface area contributed by atoms with Crippen molar-refractivity contribution in [3.63, 3.8) is 0 Å². The highest BCUT2D eigenvalue weighted by atomic mass is 35.5. The van der Waals surface area contributed by atoms with E-state index in [2.05, 4.69) is 16.4 Å². The lowest BCUT2D eigenvalue weighted by Gasteiger charge is -2.39. The molecule has 7 nitrogen and oxygen atoms in total. The highest BCUT2D eigenvalue weighted by Crippen LogP contribution is 2.40. The standard InChI is InChI=1S/C28H23ClF3N5O2S/c29-22-7-2-1-6-21(22)25(26(38)35-19-14-28(31,32)15-19)36(20-5-3-4-18(30)13-20)27(39)23-9-11-40-37(23)24-12-17(16-33)8-10-34-24/h1-8,10,12-13,19,23,25H,9,11,14-15H2,(H,35,38)/t23-,25?/m0/s1. The molecule has 1 aliphatic carbocycles. The van der Waals surface area contributed by atoms with E-state index in [1.54, 1.807) is 40.7 Å². The van der Waals surface area contributed by atoms with Crippen molar-refractivity contribution < 1.29 is 22.8 Å². The van der Waals surface area contributed by atoms with Crippen molar-refractivity contribution in [2.45, 2.75) is 43.3 Å². The van der Waals surface area contributed by atoms with Crippen LogP contribution in [0.15, 0.2) is 66.9 Å². The van der Waals surface area contributed by atoms with Crippen LogP contribution in [0, 0.1) is 17.1 Å². The normalized spacial score (nSPS) is 18.9. The van der Waals surface area contributed by atoms with Gasteiger partial charge in [-0.15, -0.1) is 0 Å². The number of anilines is 2. The summed E-state index contributed by atoms with van der Waals surface area (Å²) in [4.78, 5) is 33.7. The Labute approximate surface area is 238 Å². The topological polar surface area (TPSA) is 89.3 Å². The number of alkyl halides is 2. The molecule has 0 spiro atoms. The third kappa shape index (κ3) is 5.74. The molecule has 1 saturated carbocycles. The summed E-state index contributed by atoms with van der Waals surface area (Å²) in [5.74, 6) is -3.83. The van der Waals surface area contributed by atoms with Gasteiger partial charge in [0.05, 0.1) is 11.6 Å². The van der Waals surface area contributed by atoms with Crippen molar-refractivity contribution in [3.05, 3.63) is 88.8 Å². The lowest BCUT2D eigenvalue weighted by atomic mass is 9.87. The first kappa shape index (κ1) is 27.8. The van der Waals surface area contributed by atoms with E-state index < -0.39 is 54.5 Å². The monoisotopic (exact) mass is 585 g/mol. The van der Waals surface area contributed by atoms with Crippen LogP contribution in [0.2, 0.25) is 5.02 Å². The van der Waals surface area contributed by atoms with E-state index in [-0.39, 0.29) is 16.3 Å². The molecule has 2 fully saturated rings. The SMILES string of the molecule is N#Cc1ccnc(N2SCC[C@H]2C(=O)N(c2cccc(F)c2)C(C(=O)NC2CC(F)(F)C2)c2ccccc2Cl)c1. The molecule has 1 unspecified atom stereocenters. The minimum absolute atomic E-state index is 0.0968. The van der Waals surface area contributed by atoms with E-state index in [1.807, 2.05) is 0 Å². The lowest BCUT2D eigenvalue weighted by molar-refractivity contribution is -0.133. The van der Waals surface area contributed by atoms with Crippen LogP contribution in [0.5, 0.6) is 0 Å². The molecule has 40 heavy (non-hydrogen) atoms. The van der Waals surface area contributed by atoms with Gasteiger partial charge in [-0.1, -0.05) is 35.9 Å². The second-order valence-electron chi connectivity index (χ2n) is 9.56. The average molecular weight is 586 g/mol. The van der Waals surface area contributed by atoms with E-state index >= 15 is 0 Å². The summed E-state index contributed by atoms with van der Waals surface area (Å²) in [6.45, 7) is 0. The Bertz CT molecular complexity index is 1480. The summed E-state index contributed by atoms with van der Waals surface area (Å²) < 4.78 is 43.3. The number of amides is 2.